The second-order valence-corrected chi connectivity index (χ2v) is 7.77. The van der Waals surface area contributed by atoms with Gasteiger partial charge in [0.05, 0.1) is 16.6 Å². The Balaban J connectivity index is 2.18. The van der Waals surface area contributed by atoms with E-state index in [1.165, 1.54) is 18.4 Å². The number of nitrogens with two attached hydrogens (primary N) is 1. The van der Waals surface area contributed by atoms with Crippen LogP contribution >= 0.6 is 0 Å². The highest BCUT2D eigenvalue weighted by Crippen LogP contribution is 2.39. The van der Waals surface area contributed by atoms with Crippen LogP contribution in [0.15, 0.2) is 24.3 Å². The molecule has 1 aliphatic carbocycles. The quantitative estimate of drug-likeness (QED) is 0.855. The van der Waals surface area contributed by atoms with E-state index >= 15 is 0 Å². The van der Waals surface area contributed by atoms with Gasteiger partial charge in [-0.05, 0) is 64.5 Å². The van der Waals surface area contributed by atoms with Gasteiger partial charge in [0.25, 0.3) is 0 Å². The van der Waals surface area contributed by atoms with E-state index in [2.05, 4.69) is 56.5 Å². The molecule has 1 aromatic heterocycles. The monoisotopic (exact) mass is 285 g/mol. The lowest BCUT2D eigenvalue weighted by Gasteiger charge is -2.38. The lowest BCUT2D eigenvalue weighted by atomic mass is 9.77. The van der Waals surface area contributed by atoms with Gasteiger partial charge in [0, 0.05) is 5.54 Å². The summed E-state index contributed by atoms with van der Waals surface area (Å²) in [5, 5.41) is 0. The third kappa shape index (κ3) is 2.48. The Bertz CT molecular complexity index is 640. The summed E-state index contributed by atoms with van der Waals surface area (Å²) in [6.07, 6.45) is 4.47. The van der Waals surface area contributed by atoms with Gasteiger partial charge in [-0.15, -0.1) is 0 Å². The third-order valence-electron chi connectivity index (χ3n) is 4.84. The number of imidazole rings is 1. The second-order valence-electron chi connectivity index (χ2n) is 7.77. The lowest BCUT2D eigenvalue weighted by Crippen LogP contribution is -2.44. The molecule has 0 atom stereocenters. The Labute approximate surface area is 127 Å². The van der Waals surface area contributed by atoms with E-state index in [4.69, 9.17) is 10.7 Å². The fourth-order valence-corrected chi connectivity index (χ4v) is 3.54. The Kier molecular flexibility index (Phi) is 3.36. The minimum atomic E-state index is -0.279. The summed E-state index contributed by atoms with van der Waals surface area (Å²) >= 11 is 0. The number of hydrogen-bond donors (Lipinski definition) is 1. The smallest absolute Gasteiger partial charge is 0.130 e. The van der Waals surface area contributed by atoms with Crippen LogP contribution in [0.5, 0.6) is 0 Å². The van der Waals surface area contributed by atoms with Crippen molar-refractivity contribution in [3.05, 3.63) is 30.1 Å². The molecular formula is C18H27N3. The first-order chi connectivity index (χ1) is 9.81. The number of fused-ring (bicyclic) bond motifs is 1. The van der Waals surface area contributed by atoms with Crippen molar-refractivity contribution in [2.75, 3.05) is 0 Å². The molecule has 0 bridgehead atoms. The van der Waals surface area contributed by atoms with Crippen molar-refractivity contribution in [3.8, 4) is 0 Å². The molecule has 3 nitrogen and oxygen atoms in total. The number of nitrogens with zero attached hydrogens (tertiary/aromatic N) is 2. The molecule has 2 N–H and O–H groups in total. The van der Waals surface area contributed by atoms with E-state index in [-0.39, 0.29) is 11.1 Å². The summed E-state index contributed by atoms with van der Waals surface area (Å²) in [4.78, 5) is 4.94. The van der Waals surface area contributed by atoms with E-state index in [9.17, 15) is 0 Å². The van der Waals surface area contributed by atoms with Crippen LogP contribution < -0.4 is 5.73 Å². The summed E-state index contributed by atoms with van der Waals surface area (Å²) in [6, 6.07) is 8.39. The second kappa shape index (κ2) is 4.84. The standard InChI is InChI=1S/C18H27N3/c1-13-9-11-18(19,12-10-13)16-20-14-7-5-6-8-15(14)21(16)17(2,3)4/h5-8,13H,9-12,19H2,1-4H3. The van der Waals surface area contributed by atoms with Gasteiger partial charge in [0.15, 0.2) is 0 Å². The van der Waals surface area contributed by atoms with Crippen LogP contribution in [0.1, 0.15) is 59.2 Å². The highest BCUT2D eigenvalue weighted by atomic mass is 15.2. The summed E-state index contributed by atoms with van der Waals surface area (Å²) in [5.41, 5.74) is 8.79. The number of aromatic nitrogens is 2. The summed E-state index contributed by atoms with van der Waals surface area (Å²) < 4.78 is 2.36. The molecule has 3 heteroatoms. The molecule has 21 heavy (non-hydrogen) atoms. The molecular weight excluding hydrogens is 258 g/mol. The van der Waals surface area contributed by atoms with Crippen molar-refractivity contribution in [2.24, 2.45) is 11.7 Å². The molecule has 1 aliphatic rings. The van der Waals surface area contributed by atoms with Gasteiger partial charge in [-0.1, -0.05) is 19.1 Å². The minimum Gasteiger partial charge on any atom is -0.321 e. The van der Waals surface area contributed by atoms with Crippen LogP contribution in [0.4, 0.5) is 0 Å². The first-order valence-corrected chi connectivity index (χ1v) is 8.09. The van der Waals surface area contributed by atoms with E-state index in [1.807, 2.05) is 0 Å². The molecule has 0 aliphatic heterocycles. The summed E-state index contributed by atoms with van der Waals surface area (Å²) in [7, 11) is 0. The van der Waals surface area contributed by atoms with Crippen LogP contribution in [0, 0.1) is 5.92 Å². The minimum absolute atomic E-state index is 0.0130. The molecule has 1 aromatic carbocycles. The van der Waals surface area contributed by atoms with Crippen molar-refractivity contribution in [2.45, 2.75) is 64.5 Å². The van der Waals surface area contributed by atoms with Crippen molar-refractivity contribution < 1.29 is 0 Å². The summed E-state index contributed by atoms with van der Waals surface area (Å²) in [6.45, 7) is 9.03. The number of rotatable bonds is 1. The van der Waals surface area contributed by atoms with E-state index in [1.54, 1.807) is 0 Å². The molecule has 114 valence electrons. The Morgan fingerprint density at radius 1 is 1.19 bits per heavy atom. The average Bonchev–Trinajstić information content (AvgIpc) is 2.82. The van der Waals surface area contributed by atoms with E-state index < -0.39 is 0 Å². The maximum absolute atomic E-state index is 6.82. The molecule has 0 radical (unpaired) electrons. The number of para-hydroxylation sites is 2. The van der Waals surface area contributed by atoms with Crippen LogP contribution in [0.2, 0.25) is 0 Å². The predicted octanol–water partition coefficient (Wildman–Crippen LogP) is 4.16. The average molecular weight is 285 g/mol. The highest BCUT2D eigenvalue weighted by Gasteiger charge is 2.38. The fraction of sp³-hybridized carbons (Fsp3) is 0.611. The van der Waals surface area contributed by atoms with Gasteiger partial charge in [0.1, 0.15) is 5.82 Å². The predicted molar refractivity (Wildman–Crippen MR) is 88.2 cm³/mol. The van der Waals surface area contributed by atoms with Gasteiger partial charge >= 0.3 is 0 Å². The molecule has 3 rings (SSSR count). The van der Waals surface area contributed by atoms with Gasteiger partial charge < -0.3 is 10.3 Å². The van der Waals surface area contributed by atoms with Crippen molar-refractivity contribution >= 4 is 11.0 Å². The molecule has 0 amide bonds. The Morgan fingerprint density at radius 2 is 1.81 bits per heavy atom. The normalized spacial score (nSPS) is 27.2. The molecule has 2 aromatic rings. The summed E-state index contributed by atoms with van der Waals surface area (Å²) in [5.74, 6) is 1.86. The van der Waals surface area contributed by atoms with Gasteiger partial charge in [-0.3, -0.25) is 0 Å². The molecule has 1 fully saturated rings. The topological polar surface area (TPSA) is 43.8 Å². The van der Waals surface area contributed by atoms with Gasteiger partial charge in [0.2, 0.25) is 0 Å². The third-order valence-corrected chi connectivity index (χ3v) is 4.84. The zero-order valence-corrected chi connectivity index (χ0v) is 13.7. The first-order valence-electron chi connectivity index (χ1n) is 8.09. The molecule has 1 heterocycles. The zero-order valence-electron chi connectivity index (χ0n) is 13.7. The van der Waals surface area contributed by atoms with Gasteiger partial charge in [-0.25, -0.2) is 4.98 Å². The van der Waals surface area contributed by atoms with E-state index in [0.717, 1.165) is 30.1 Å². The van der Waals surface area contributed by atoms with Crippen LogP contribution in [0.25, 0.3) is 11.0 Å². The zero-order chi connectivity index (χ0) is 15.3. The van der Waals surface area contributed by atoms with Gasteiger partial charge in [-0.2, -0.15) is 0 Å². The maximum Gasteiger partial charge on any atom is 0.130 e. The van der Waals surface area contributed by atoms with Crippen molar-refractivity contribution in [1.82, 2.24) is 9.55 Å². The van der Waals surface area contributed by atoms with Crippen LogP contribution in [-0.2, 0) is 11.1 Å². The Hall–Kier alpha value is -1.35. The highest BCUT2D eigenvalue weighted by molar-refractivity contribution is 5.76. The molecule has 1 saturated carbocycles. The number of benzene rings is 1. The van der Waals surface area contributed by atoms with E-state index in [0.29, 0.717) is 0 Å². The number of hydrogen-bond acceptors (Lipinski definition) is 2. The largest absolute Gasteiger partial charge is 0.321 e. The first kappa shape index (κ1) is 14.6. The lowest BCUT2D eigenvalue weighted by molar-refractivity contribution is 0.220. The molecule has 0 unspecified atom stereocenters. The van der Waals surface area contributed by atoms with Crippen LogP contribution in [0.3, 0.4) is 0 Å². The molecule has 0 spiro atoms. The Morgan fingerprint density at radius 3 is 2.43 bits per heavy atom. The van der Waals surface area contributed by atoms with Crippen molar-refractivity contribution in [3.63, 3.8) is 0 Å². The van der Waals surface area contributed by atoms with Crippen LogP contribution in [-0.4, -0.2) is 9.55 Å². The maximum atomic E-state index is 6.82. The molecule has 0 saturated heterocycles. The fourth-order valence-electron chi connectivity index (χ4n) is 3.54. The van der Waals surface area contributed by atoms with Crippen molar-refractivity contribution in [1.29, 1.82) is 0 Å². The SMILES string of the molecule is CC1CCC(N)(c2nc3ccccc3n2C(C)(C)C)CC1.